The molecule has 0 heterocycles. The molecule has 13 unspecified atom stereocenters. The van der Waals surface area contributed by atoms with E-state index in [-0.39, 0.29) is 155 Å². The van der Waals surface area contributed by atoms with Gasteiger partial charge in [-0.05, 0) is 150 Å². The number of ether oxygens (including phenoxy) is 22. The molecule has 0 aliphatic rings. The quantitative estimate of drug-likeness (QED) is 0.0279. The molecule has 35 heteroatoms. The molecule has 0 fully saturated rings. The van der Waals surface area contributed by atoms with Crippen LogP contribution in [-0.4, -0.2) is 407 Å². The third-order valence-corrected chi connectivity index (χ3v) is 23.5. The lowest BCUT2D eigenvalue weighted by atomic mass is 9.89. The number of hydrogen-bond donors (Lipinski definition) is 5. The molecule has 698 valence electrons. The first-order valence-corrected chi connectivity index (χ1v) is 50.2. The van der Waals surface area contributed by atoms with E-state index in [2.05, 4.69) is 48.5 Å². The highest BCUT2D eigenvalue weighted by atomic mass is 32.2. The molecular formula is C81H164O29S6. The second kappa shape index (κ2) is 85.1. The van der Waals surface area contributed by atoms with Gasteiger partial charge in [0.1, 0.15) is 73.2 Å². The van der Waals surface area contributed by atoms with Gasteiger partial charge in [-0.2, -0.15) is 67.2 Å². The van der Waals surface area contributed by atoms with Crippen LogP contribution >= 0.6 is 58.8 Å². The van der Waals surface area contributed by atoms with Gasteiger partial charge in [0, 0.05) is 71.8 Å². The van der Waals surface area contributed by atoms with E-state index in [9.17, 15) is 28.8 Å². The molecule has 0 spiro atoms. The van der Waals surface area contributed by atoms with Crippen molar-refractivity contribution in [2.75, 3.05) is 295 Å². The summed E-state index contributed by atoms with van der Waals surface area (Å²) in [7, 11) is -4.00. The highest BCUT2D eigenvalue weighted by Crippen LogP contribution is 2.24. The monoisotopic (exact) mass is 1790 g/mol. The van der Waals surface area contributed by atoms with E-state index in [1.807, 2.05) is 81.7 Å². The smallest absolute Gasteiger partial charge is 0.265 e. The van der Waals surface area contributed by atoms with E-state index in [0.29, 0.717) is 111 Å². The van der Waals surface area contributed by atoms with E-state index >= 15 is 0 Å². The van der Waals surface area contributed by atoms with Crippen LogP contribution in [0.3, 0.4) is 0 Å². The standard InChI is InChI=1S/C81H164O29S6/c1-13-32-111-36-22-27-92-54-76(101-20-8)63-107-75(59-97-47-69(84)46-96-57-72(51-89-17-5)103-29-24-38-113-34-15-3)60-99-61-78(108-64-77(102-21-9)55-93-28-23-37-112-33-14-2)65-109-79(66-110-80(81(10,11)12)67-100-58-74(53-91-19-7)105-30-25-39-114-35-16-4)62-98-50-71(43-82)106-49-70(85)48-94-44-68(83)45-95-56-73(52-90-18-6)104-31-26-40-115-41-42-116(86,87)88/h68-80,82-85H,13-67H2,1-12H3,(H,86,87,88). The van der Waals surface area contributed by atoms with Gasteiger partial charge < -0.3 is 125 Å². The average molecular weight is 1790 g/mol. The van der Waals surface area contributed by atoms with E-state index < -0.39 is 83.2 Å². The minimum Gasteiger partial charge on any atom is -0.394 e. The lowest BCUT2D eigenvalue weighted by molar-refractivity contribution is -0.158. The minimum atomic E-state index is -4.00. The Balaban J connectivity index is 6.86. The van der Waals surface area contributed by atoms with Gasteiger partial charge in [-0.3, -0.25) is 4.55 Å². The number of rotatable bonds is 95. The second-order valence-corrected chi connectivity index (χ2v) is 36.5. The molecule has 0 aliphatic heterocycles. The Bertz CT molecular complexity index is 2120. The first-order valence-electron chi connectivity index (χ1n) is 42.8. The van der Waals surface area contributed by atoms with Crippen LogP contribution in [0.5, 0.6) is 0 Å². The molecule has 0 aromatic heterocycles. The molecule has 13 atom stereocenters. The Morgan fingerprint density at radius 2 is 0.526 bits per heavy atom. The molecule has 116 heavy (non-hydrogen) atoms. The zero-order valence-corrected chi connectivity index (χ0v) is 78.3. The Hall–Kier alpha value is 0.620. The molecule has 0 rings (SSSR count). The molecule has 29 nitrogen and oxygen atoms in total. The predicted molar refractivity (Wildman–Crippen MR) is 467 cm³/mol. The summed E-state index contributed by atoms with van der Waals surface area (Å²) in [6, 6.07) is 0. The van der Waals surface area contributed by atoms with E-state index in [4.69, 9.17) is 109 Å². The van der Waals surface area contributed by atoms with Crippen molar-refractivity contribution in [1.29, 1.82) is 0 Å². The van der Waals surface area contributed by atoms with Crippen molar-refractivity contribution in [2.24, 2.45) is 5.41 Å². The molecule has 0 bridgehead atoms. The molecule has 0 aromatic carbocycles. The first-order chi connectivity index (χ1) is 56.2. The van der Waals surface area contributed by atoms with Crippen molar-refractivity contribution >= 4 is 68.9 Å². The van der Waals surface area contributed by atoms with Gasteiger partial charge in [-0.15, -0.1) is 0 Å². The average Bonchev–Trinajstić information content (AvgIpc) is 0.877. The molecule has 0 radical (unpaired) electrons. The van der Waals surface area contributed by atoms with Crippen LogP contribution in [0, 0.1) is 5.41 Å². The molecule has 0 saturated carbocycles. The lowest BCUT2D eigenvalue weighted by Crippen LogP contribution is -2.41. The molecule has 0 aromatic rings. The van der Waals surface area contributed by atoms with Gasteiger partial charge in [0.25, 0.3) is 10.1 Å². The summed E-state index contributed by atoms with van der Waals surface area (Å²) in [5.74, 6) is 9.13. The van der Waals surface area contributed by atoms with Crippen LogP contribution in [-0.2, 0) is 114 Å². The van der Waals surface area contributed by atoms with Gasteiger partial charge >= 0.3 is 0 Å². The Labute approximate surface area is 722 Å². The number of hydrogen-bond acceptors (Lipinski definition) is 33. The second-order valence-electron chi connectivity index (χ2n) is 28.8. The van der Waals surface area contributed by atoms with Gasteiger partial charge in [0.15, 0.2) is 0 Å². The maximum atomic E-state index is 11.2. The first kappa shape index (κ1) is 117. The van der Waals surface area contributed by atoms with Crippen LogP contribution in [0.4, 0.5) is 0 Å². The normalized spacial score (nSPS) is 15.8. The van der Waals surface area contributed by atoms with Crippen LogP contribution in [0.1, 0.15) is 141 Å². The lowest BCUT2D eigenvalue weighted by Gasteiger charge is -2.33. The maximum Gasteiger partial charge on any atom is 0.265 e. The maximum absolute atomic E-state index is 11.2. The summed E-state index contributed by atoms with van der Waals surface area (Å²) < 4.78 is 167. The fourth-order valence-corrected chi connectivity index (χ4v) is 15.3. The highest BCUT2D eigenvalue weighted by Gasteiger charge is 2.30. The van der Waals surface area contributed by atoms with Crippen LogP contribution in [0.25, 0.3) is 0 Å². The fraction of sp³-hybridized carbons (Fsp3) is 1.00. The van der Waals surface area contributed by atoms with Crippen molar-refractivity contribution in [3.63, 3.8) is 0 Å². The predicted octanol–water partition coefficient (Wildman–Crippen LogP) is 9.40. The number of thioether (sulfide) groups is 5. The van der Waals surface area contributed by atoms with Crippen molar-refractivity contribution in [1.82, 2.24) is 0 Å². The minimum absolute atomic E-state index is 0.00182. The van der Waals surface area contributed by atoms with Crippen molar-refractivity contribution in [2.45, 2.75) is 220 Å². The third kappa shape index (κ3) is 77.0. The largest absolute Gasteiger partial charge is 0.394 e. The summed E-state index contributed by atoms with van der Waals surface area (Å²) in [6.45, 7) is 31.8. The van der Waals surface area contributed by atoms with Crippen LogP contribution in [0.2, 0.25) is 0 Å². The Kier molecular flexibility index (Phi) is 85.5. The molecule has 5 N–H and O–H groups in total. The van der Waals surface area contributed by atoms with Crippen molar-refractivity contribution < 1.29 is 138 Å². The zero-order chi connectivity index (χ0) is 85.5. The summed E-state index contributed by atoms with van der Waals surface area (Å²) in [6.07, 6.45) is 0.694. The van der Waals surface area contributed by atoms with Gasteiger partial charge in [0.2, 0.25) is 0 Å². The van der Waals surface area contributed by atoms with Crippen molar-refractivity contribution in [3.05, 3.63) is 0 Å². The summed E-state index contributed by atoms with van der Waals surface area (Å²) in [5.41, 5.74) is -0.397. The zero-order valence-electron chi connectivity index (χ0n) is 73.4. The molecule has 0 saturated heterocycles. The molecular weight excluding hydrogens is 1630 g/mol. The number of aliphatic hydroxyl groups excluding tert-OH is 4. The summed E-state index contributed by atoms with van der Waals surface area (Å²) in [5, 5.41) is 43.3. The third-order valence-electron chi connectivity index (χ3n) is 16.3. The molecule has 0 aliphatic carbocycles. The van der Waals surface area contributed by atoms with E-state index in [0.717, 1.165) is 97.4 Å². The van der Waals surface area contributed by atoms with Crippen LogP contribution in [0.15, 0.2) is 0 Å². The van der Waals surface area contributed by atoms with E-state index in [1.54, 1.807) is 0 Å². The SMILES string of the molecule is CCCSCCCOCC(COC(COCC(O)COCC(COCC)OCCCSCCC)COCC(COC(COCC(CO)OCC(O)COCC(O)COCC(COCC)OCCCSCCS(=O)(=O)O)COC(COCC(COCC)OCCCSCCC)C(C)(C)C)OCC(COCCCSCCC)OCC)OCC. The Morgan fingerprint density at radius 1 is 0.267 bits per heavy atom. The fourth-order valence-electron chi connectivity index (χ4n) is 10.2. The molecule has 0 amide bonds. The van der Waals surface area contributed by atoms with Crippen molar-refractivity contribution in [3.8, 4) is 0 Å². The van der Waals surface area contributed by atoms with Gasteiger partial charge in [0.05, 0.1) is 177 Å². The summed E-state index contributed by atoms with van der Waals surface area (Å²) >= 11 is 9.07. The van der Waals surface area contributed by atoms with Gasteiger partial charge in [-0.1, -0.05) is 48.5 Å². The Morgan fingerprint density at radius 3 is 0.853 bits per heavy atom. The van der Waals surface area contributed by atoms with Gasteiger partial charge in [-0.25, -0.2) is 0 Å². The summed E-state index contributed by atoms with van der Waals surface area (Å²) in [4.78, 5) is 0. The topological polar surface area (TPSA) is 338 Å². The number of aliphatic hydroxyl groups is 4. The van der Waals surface area contributed by atoms with Crippen LogP contribution < -0.4 is 0 Å². The highest BCUT2D eigenvalue weighted by molar-refractivity contribution is 8.00. The van der Waals surface area contributed by atoms with E-state index in [1.165, 1.54) is 11.8 Å².